The van der Waals surface area contributed by atoms with Crippen molar-refractivity contribution in [3.63, 3.8) is 0 Å². The van der Waals surface area contributed by atoms with Crippen LogP contribution in [0.5, 0.6) is 0 Å². The van der Waals surface area contributed by atoms with Crippen LogP contribution in [0.15, 0.2) is 46.9 Å². The van der Waals surface area contributed by atoms with Gasteiger partial charge in [-0.1, -0.05) is 34.1 Å². The molecule has 0 unspecified atom stereocenters. The van der Waals surface area contributed by atoms with Crippen molar-refractivity contribution in [1.29, 1.82) is 0 Å². The average Bonchev–Trinajstić information content (AvgIpc) is 2.41. The maximum atomic E-state index is 10.9. The predicted octanol–water partition coefficient (Wildman–Crippen LogP) is 3.18. The van der Waals surface area contributed by atoms with Crippen LogP contribution in [0.3, 0.4) is 0 Å². The van der Waals surface area contributed by atoms with Crippen molar-refractivity contribution < 1.29 is 9.90 Å². The number of aromatic nitrogens is 1. The molecule has 0 amide bonds. The van der Waals surface area contributed by atoms with E-state index < -0.39 is 5.97 Å². The summed E-state index contributed by atoms with van der Waals surface area (Å²) >= 11 is 3.39. The molecule has 0 radical (unpaired) electrons. The van der Waals surface area contributed by atoms with Gasteiger partial charge in [-0.2, -0.15) is 0 Å². The summed E-state index contributed by atoms with van der Waals surface area (Å²) in [5.74, 6) is -0.373. The molecular formula is C14H13BrN2O2. The van der Waals surface area contributed by atoms with Crippen molar-refractivity contribution >= 4 is 27.7 Å². The zero-order chi connectivity index (χ0) is 13.8. The van der Waals surface area contributed by atoms with E-state index in [2.05, 4.69) is 20.9 Å². The van der Waals surface area contributed by atoms with Crippen molar-refractivity contribution in [1.82, 2.24) is 4.98 Å². The van der Waals surface area contributed by atoms with Gasteiger partial charge in [-0.15, -0.1) is 0 Å². The molecule has 0 atom stereocenters. The molecule has 0 aliphatic carbocycles. The van der Waals surface area contributed by atoms with Crippen molar-refractivity contribution in [3.8, 4) is 0 Å². The fraction of sp³-hybridized carbons (Fsp3) is 0.143. The SMILES string of the molecule is CN(Cc1ccc(Br)cc1)c1cccc(C(=O)O)n1. The van der Waals surface area contributed by atoms with Crippen LogP contribution in [0, 0.1) is 0 Å². The highest BCUT2D eigenvalue weighted by Crippen LogP contribution is 2.15. The zero-order valence-electron chi connectivity index (χ0n) is 10.4. The van der Waals surface area contributed by atoms with E-state index in [1.54, 1.807) is 12.1 Å². The standard InChI is InChI=1S/C14H13BrN2O2/c1-17(9-10-5-7-11(15)8-6-10)13-4-2-3-12(16-13)14(18)19/h2-8H,9H2,1H3,(H,18,19). The van der Waals surface area contributed by atoms with Gasteiger partial charge in [-0.3, -0.25) is 0 Å². The number of carboxylic acids is 1. The molecule has 0 saturated carbocycles. The first-order valence-electron chi connectivity index (χ1n) is 5.72. The molecule has 1 heterocycles. The van der Waals surface area contributed by atoms with Crippen LogP contribution in [-0.4, -0.2) is 23.1 Å². The summed E-state index contributed by atoms with van der Waals surface area (Å²) in [6, 6.07) is 13.0. The van der Waals surface area contributed by atoms with Gasteiger partial charge in [0.1, 0.15) is 5.82 Å². The molecule has 0 fully saturated rings. The Bertz CT molecular complexity index is 584. The topological polar surface area (TPSA) is 53.4 Å². The molecule has 98 valence electrons. The van der Waals surface area contributed by atoms with E-state index in [0.717, 1.165) is 10.0 Å². The molecule has 0 aliphatic heterocycles. The van der Waals surface area contributed by atoms with Crippen molar-refractivity contribution in [3.05, 3.63) is 58.2 Å². The molecule has 1 N–H and O–H groups in total. The van der Waals surface area contributed by atoms with Gasteiger partial charge >= 0.3 is 5.97 Å². The minimum Gasteiger partial charge on any atom is -0.477 e. The van der Waals surface area contributed by atoms with Gasteiger partial charge in [-0.05, 0) is 29.8 Å². The number of carboxylic acid groups (broad SMARTS) is 1. The molecule has 0 saturated heterocycles. The number of nitrogens with zero attached hydrogens (tertiary/aromatic N) is 2. The number of rotatable bonds is 4. The number of hydrogen-bond acceptors (Lipinski definition) is 3. The Labute approximate surface area is 119 Å². The van der Waals surface area contributed by atoms with Gasteiger partial charge in [0, 0.05) is 18.1 Å². The second kappa shape index (κ2) is 5.84. The van der Waals surface area contributed by atoms with Crippen molar-refractivity contribution in [2.24, 2.45) is 0 Å². The third kappa shape index (κ3) is 3.54. The van der Waals surface area contributed by atoms with E-state index >= 15 is 0 Å². The number of benzene rings is 1. The van der Waals surface area contributed by atoms with Gasteiger partial charge in [0.2, 0.25) is 0 Å². The molecule has 0 bridgehead atoms. The molecule has 4 nitrogen and oxygen atoms in total. The Kier molecular flexibility index (Phi) is 4.16. The minimum absolute atomic E-state index is 0.0557. The van der Waals surface area contributed by atoms with Crippen LogP contribution in [-0.2, 0) is 6.54 Å². The fourth-order valence-electron chi connectivity index (χ4n) is 1.70. The van der Waals surface area contributed by atoms with Crippen LogP contribution < -0.4 is 4.90 Å². The second-order valence-corrected chi connectivity index (χ2v) is 5.08. The van der Waals surface area contributed by atoms with Gasteiger partial charge < -0.3 is 10.0 Å². The Morgan fingerprint density at radius 2 is 1.95 bits per heavy atom. The predicted molar refractivity (Wildman–Crippen MR) is 77.4 cm³/mol. The summed E-state index contributed by atoms with van der Waals surface area (Å²) in [6.07, 6.45) is 0. The summed E-state index contributed by atoms with van der Waals surface area (Å²) < 4.78 is 1.03. The van der Waals surface area contributed by atoms with Crippen LogP contribution in [0.1, 0.15) is 16.1 Å². The molecule has 19 heavy (non-hydrogen) atoms. The molecule has 0 spiro atoms. The molecular weight excluding hydrogens is 308 g/mol. The summed E-state index contributed by atoms with van der Waals surface area (Å²) in [4.78, 5) is 16.9. The van der Waals surface area contributed by atoms with Gasteiger partial charge in [0.05, 0.1) is 0 Å². The van der Waals surface area contributed by atoms with E-state index in [-0.39, 0.29) is 5.69 Å². The van der Waals surface area contributed by atoms with E-state index in [9.17, 15) is 4.79 Å². The highest BCUT2D eigenvalue weighted by atomic mass is 79.9. The smallest absolute Gasteiger partial charge is 0.354 e. The lowest BCUT2D eigenvalue weighted by atomic mass is 10.2. The highest BCUT2D eigenvalue weighted by molar-refractivity contribution is 9.10. The summed E-state index contributed by atoms with van der Waals surface area (Å²) in [5, 5.41) is 8.93. The third-order valence-corrected chi connectivity index (χ3v) is 3.21. The van der Waals surface area contributed by atoms with Gasteiger partial charge in [0.25, 0.3) is 0 Å². The number of pyridine rings is 1. The van der Waals surface area contributed by atoms with Crippen molar-refractivity contribution in [2.45, 2.75) is 6.54 Å². The Morgan fingerprint density at radius 1 is 1.26 bits per heavy atom. The van der Waals surface area contributed by atoms with Crippen LogP contribution in [0.25, 0.3) is 0 Å². The van der Waals surface area contributed by atoms with Gasteiger partial charge in [0.15, 0.2) is 5.69 Å². The second-order valence-electron chi connectivity index (χ2n) is 4.17. The quantitative estimate of drug-likeness (QED) is 0.940. The number of hydrogen-bond donors (Lipinski definition) is 1. The first-order chi connectivity index (χ1) is 9.06. The maximum Gasteiger partial charge on any atom is 0.354 e. The maximum absolute atomic E-state index is 10.9. The number of carbonyl (C=O) groups is 1. The van der Waals surface area contributed by atoms with Crippen molar-refractivity contribution in [2.75, 3.05) is 11.9 Å². The lowest BCUT2D eigenvalue weighted by Gasteiger charge is -2.18. The summed E-state index contributed by atoms with van der Waals surface area (Å²) in [7, 11) is 1.88. The normalized spacial score (nSPS) is 10.2. The molecule has 1 aromatic heterocycles. The lowest BCUT2D eigenvalue weighted by molar-refractivity contribution is 0.0690. The minimum atomic E-state index is -1.01. The van der Waals surface area contributed by atoms with Crippen LogP contribution >= 0.6 is 15.9 Å². The molecule has 2 rings (SSSR count). The highest BCUT2D eigenvalue weighted by Gasteiger charge is 2.08. The van der Waals surface area contributed by atoms with E-state index in [1.807, 2.05) is 36.2 Å². The number of aromatic carboxylic acids is 1. The Balaban J connectivity index is 2.15. The fourth-order valence-corrected chi connectivity index (χ4v) is 1.96. The van der Waals surface area contributed by atoms with Crippen LogP contribution in [0.4, 0.5) is 5.82 Å². The summed E-state index contributed by atoms with van der Waals surface area (Å²) in [5.41, 5.74) is 1.19. The largest absolute Gasteiger partial charge is 0.477 e. The number of anilines is 1. The first kappa shape index (κ1) is 13.5. The van der Waals surface area contributed by atoms with Gasteiger partial charge in [-0.25, -0.2) is 9.78 Å². The van der Waals surface area contributed by atoms with E-state index in [0.29, 0.717) is 12.4 Å². The molecule has 1 aromatic carbocycles. The van der Waals surface area contributed by atoms with E-state index in [4.69, 9.17) is 5.11 Å². The average molecular weight is 321 g/mol. The zero-order valence-corrected chi connectivity index (χ0v) is 12.0. The Hall–Kier alpha value is -1.88. The molecule has 5 heteroatoms. The first-order valence-corrected chi connectivity index (χ1v) is 6.51. The monoisotopic (exact) mass is 320 g/mol. The molecule has 0 aliphatic rings. The summed E-state index contributed by atoms with van der Waals surface area (Å²) in [6.45, 7) is 0.670. The van der Waals surface area contributed by atoms with E-state index in [1.165, 1.54) is 6.07 Å². The molecule has 2 aromatic rings. The number of halogens is 1. The third-order valence-electron chi connectivity index (χ3n) is 2.68. The lowest BCUT2D eigenvalue weighted by Crippen LogP contribution is -2.18. The Morgan fingerprint density at radius 3 is 2.58 bits per heavy atom. The van der Waals surface area contributed by atoms with Crippen LogP contribution in [0.2, 0.25) is 0 Å².